The Kier molecular flexibility index (Phi) is 6.26. The molecule has 2 aromatic heterocycles. The minimum atomic E-state index is -2.95. The van der Waals surface area contributed by atoms with Gasteiger partial charge in [-0.15, -0.1) is 0 Å². The van der Waals surface area contributed by atoms with Crippen LogP contribution in [0.4, 0.5) is 14.6 Å². The van der Waals surface area contributed by atoms with Crippen LogP contribution in [0.2, 0.25) is 0 Å². The second-order valence-electron chi connectivity index (χ2n) is 8.99. The molecule has 5 nitrogen and oxygen atoms in total. The molecule has 0 aliphatic carbocycles. The molecular weight excluding hydrogens is 446 g/mol. The number of hydrogen-bond acceptors (Lipinski definition) is 4. The molecule has 1 N–H and O–H groups in total. The molecule has 1 amide bonds. The third kappa shape index (κ3) is 5.20. The van der Waals surface area contributed by atoms with E-state index in [2.05, 4.69) is 20.2 Å². The Labute approximate surface area is 202 Å². The summed E-state index contributed by atoms with van der Waals surface area (Å²) in [4.78, 5) is 24.9. The van der Waals surface area contributed by atoms with Gasteiger partial charge >= 0.3 is 0 Å². The molecule has 1 saturated heterocycles. The normalized spacial score (nSPS) is 14.4. The van der Waals surface area contributed by atoms with E-state index < -0.39 is 5.92 Å². The average molecular weight is 473 g/mol. The van der Waals surface area contributed by atoms with E-state index in [0.717, 1.165) is 37.6 Å². The first kappa shape index (κ1) is 23.1. The predicted octanol–water partition coefficient (Wildman–Crippen LogP) is 6.26. The van der Waals surface area contributed by atoms with E-state index in [1.165, 1.54) is 25.0 Å². The van der Waals surface area contributed by atoms with Crippen molar-refractivity contribution in [1.29, 1.82) is 0 Å². The third-order valence-corrected chi connectivity index (χ3v) is 6.26. The molecule has 0 unspecified atom stereocenters. The molecule has 178 valence electrons. The highest BCUT2D eigenvalue weighted by Gasteiger charge is 2.24. The molecule has 7 heteroatoms. The Morgan fingerprint density at radius 3 is 2.54 bits per heavy atom. The summed E-state index contributed by atoms with van der Waals surface area (Å²) >= 11 is 0. The van der Waals surface area contributed by atoms with Gasteiger partial charge in [0.05, 0.1) is 22.5 Å². The third-order valence-electron chi connectivity index (χ3n) is 6.26. The van der Waals surface area contributed by atoms with E-state index >= 15 is 0 Å². The molecule has 0 radical (unpaired) electrons. The number of anilines is 1. The molecule has 2 aromatic carbocycles. The lowest BCUT2D eigenvalue weighted by molar-refractivity contribution is 0.0175. The van der Waals surface area contributed by atoms with Crippen molar-refractivity contribution in [1.82, 2.24) is 14.9 Å². The van der Waals surface area contributed by atoms with Gasteiger partial charge in [0.25, 0.3) is 11.8 Å². The van der Waals surface area contributed by atoms with Crippen molar-refractivity contribution in [3.05, 3.63) is 89.6 Å². The maximum absolute atomic E-state index is 13.8. The van der Waals surface area contributed by atoms with Crippen molar-refractivity contribution in [3.63, 3.8) is 0 Å². The summed E-state index contributed by atoms with van der Waals surface area (Å²) < 4.78 is 27.7. The van der Waals surface area contributed by atoms with Gasteiger partial charge in [-0.25, -0.2) is 18.7 Å². The number of hydrogen-bond donors (Lipinski definition) is 1. The largest absolute Gasteiger partial charge is 0.306 e. The Hall–Kier alpha value is -3.71. The monoisotopic (exact) mass is 472 g/mol. The fourth-order valence-electron chi connectivity index (χ4n) is 4.43. The van der Waals surface area contributed by atoms with Crippen LogP contribution in [0.5, 0.6) is 0 Å². The van der Waals surface area contributed by atoms with Crippen LogP contribution in [-0.2, 0) is 12.5 Å². The van der Waals surface area contributed by atoms with E-state index in [-0.39, 0.29) is 11.5 Å². The van der Waals surface area contributed by atoms with Gasteiger partial charge in [0.2, 0.25) is 0 Å². The number of fused-ring (bicyclic) bond motifs is 1. The number of rotatable bonds is 6. The first-order chi connectivity index (χ1) is 16.9. The summed E-state index contributed by atoms with van der Waals surface area (Å²) in [7, 11) is 0. The highest BCUT2D eigenvalue weighted by Crippen LogP contribution is 2.31. The maximum atomic E-state index is 13.8. The number of pyridine rings is 2. The number of amides is 1. The van der Waals surface area contributed by atoms with Gasteiger partial charge in [0, 0.05) is 30.0 Å². The van der Waals surface area contributed by atoms with Crippen molar-refractivity contribution in [3.8, 4) is 11.3 Å². The van der Waals surface area contributed by atoms with Crippen molar-refractivity contribution in [2.24, 2.45) is 0 Å². The van der Waals surface area contributed by atoms with Gasteiger partial charge < -0.3 is 5.32 Å². The smallest absolute Gasteiger partial charge is 0.270 e. The number of alkyl halides is 2. The van der Waals surface area contributed by atoms with Gasteiger partial charge in [-0.1, -0.05) is 42.5 Å². The molecule has 4 aromatic rings. The van der Waals surface area contributed by atoms with E-state index in [0.29, 0.717) is 28.2 Å². The lowest BCUT2D eigenvalue weighted by atomic mass is 10.0. The van der Waals surface area contributed by atoms with Gasteiger partial charge in [-0.2, -0.15) is 0 Å². The number of carbonyl (C=O) groups is 1. The molecular formula is C28H26F2N4O. The molecule has 3 heterocycles. The van der Waals surface area contributed by atoms with Crippen molar-refractivity contribution in [2.75, 3.05) is 18.4 Å². The summed E-state index contributed by atoms with van der Waals surface area (Å²) in [5, 5.41) is 3.68. The summed E-state index contributed by atoms with van der Waals surface area (Å²) in [5.41, 5.74) is 2.82. The van der Waals surface area contributed by atoms with E-state index in [9.17, 15) is 13.6 Å². The Morgan fingerprint density at radius 2 is 1.74 bits per heavy atom. The number of likely N-dealkylation sites (tertiary alicyclic amines) is 1. The van der Waals surface area contributed by atoms with Crippen molar-refractivity contribution < 1.29 is 13.6 Å². The molecule has 5 rings (SSSR count). The van der Waals surface area contributed by atoms with Crippen LogP contribution in [0.3, 0.4) is 0 Å². The second kappa shape index (κ2) is 9.50. The van der Waals surface area contributed by atoms with Gasteiger partial charge in [-0.05, 0) is 56.3 Å². The number of carbonyl (C=O) groups excluding carboxylic acids is 1. The highest BCUT2D eigenvalue weighted by atomic mass is 19.3. The Balaban J connectivity index is 1.43. The van der Waals surface area contributed by atoms with E-state index in [4.69, 9.17) is 0 Å². The van der Waals surface area contributed by atoms with Crippen molar-refractivity contribution in [2.45, 2.75) is 32.2 Å². The lowest BCUT2D eigenvalue weighted by Crippen LogP contribution is -2.20. The zero-order valence-corrected chi connectivity index (χ0v) is 19.5. The second-order valence-corrected chi connectivity index (χ2v) is 8.99. The fraction of sp³-hybridized carbons (Fsp3) is 0.250. The van der Waals surface area contributed by atoms with Gasteiger partial charge in [0.1, 0.15) is 5.82 Å². The zero-order valence-electron chi connectivity index (χ0n) is 19.5. The number of aromatic nitrogens is 2. The summed E-state index contributed by atoms with van der Waals surface area (Å²) in [6.07, 6.45) is 2.41. The quantitative estimate of drug-likeness (QED) is 0.360. The Morgan fingerprint density at radius 1 is 0.971 bits per heavy atom. The van der Waals surface area contributed by atoms with Crippen LogP contribution in [0.15, 0.2) is 72.8 Å². The average Bonchev–Trinajstić information content (AvgIpc) is 3.36. The first-order valence-corrected chi connectivity index (χ1v) is 11.7. The topological polar surface area (TPSA) is 58.1 Å². The lowest BCUT2D eigenvalue weighted by Gasteiger charge is -2.14. The zero-order chi connectivity index (χ0) is 24.4. The van der Waals surface area contributed by atoms with Crippen LogP contribution < -0.4 is 5.32 Å². The molecule has 0 atom stereocenters. The molecule has 1 fully saturated rings. The molecule has 1 aliphatic heterocycles. The molecule has 0 saturated carbocycles. The number of halogens is 2. The van der Waals surface area contributed by atoms with Crippen molar-refractivity contribution >= 4 is 22.6 Å². The maximum Gasteiger partial charge on any atom is 0.270 e. The molecule has 0 bridgehead atoms. The highest BCUT2D eigenvalue weighted by molar-refractivity contribution is 6.11. The molecule has 35 heavy (non-hydrogen) atoms. The minimum absolute atomic E-state index is 0.0807. The predicted molar refractivity (Wildman–Crippen MR) is 133 cm³/mol. The number of para-hydroxylation sites is 1. The Bertz CT molecular complexity index is 1380. The molecule has 0 spiro atoms. The minimum Gasteiger partial charge on any atom is -0.306 e. The number of nitrogens with one attached hydrogen (secondary N) is 1. The first-order valence-electron chi connectivity index (χ1n) is 11.7. The van der Waals surface area contributed by atoms with Crippen LogP contribution in [0.25, 0.3) is 22.2 Å². The summed E-state index contributed by atoms with van der Waals surface area (Å²) in [5.74, 6) is -2.79. The SMILES string of the molecule is CC(F)(F)c1cccc(-c2ccc3cccc(C(=O)Nc4cccc(CN5CCCC5)n4)c3n2)c1. The number of benzene rings is 2. The summed E-state index contributed by atoms with van der Waals surface area (Å²) in [6, 6.07) is 20.8. The van der Waals surface area contributed by atoms with Crippen LogP contribution in [0.1, 0.15) is 41.4 Å². The molecule has 1 aliphatic rings. The van der Waals surface area contributed by atoms with E-state index in [1.807, 2.05) is 24.3 Å². The van der Waals surface area contributed by atoms with Gasteiger partial charge in [0.15, 0.2) is 0 Å². The summed E-state index contributed by atoms with van der Waals surface area (Å²) in [6.45, 7) is 3.78. The fourth-order valence-corrected chi connectivity index (χ4v) is 4.43. The standard InChI is InChI=1S/C28H26F2N4O/c1-28(29,30)21-9-4-8-20(17-21)24-14-13-19-7-5-11-23(26(19)32-24)27(35)33-25-12-6-10-22(31-25)18-34-15-2-3-16-34/h4-14,17H,2-3,15-16,18H2,1H3,(H,31,33,35). The van der Waals surface area contributed by atoms with E-state index in [1.54, 1.807) is 36.4 Å². The van der Waals surface area contributed by atoms with Crippen LogP contribution in [-0.4, -0.2) is 33.9 Å². The van der Waals surface area contributed by atoms with Gasteiger partial charge in [-0.3, -0.25) is 9.69 Å². The van der Waals surface area contributed by atoms with Crippen LogP contribution in [0, 0.1) is 0 Å². The number of nitrogens with zero attached hydrogens (tertiary/aromatic N) is 3. The van der Waals surface area contributed by atoms with Crippen LogP contribution >= 0.6 is 0 Å².